The number of benzene rings is 3. The van der Waals surface area contributed by atoms with Crippen molar-refractivity contribution in [1.82, 2.24) is 4.57 Å². The summed E-state index contributed by atoms with van der Waals surface area (Å²) in [6, 6.07) is 23.0. The zero-order valence-electron chi connectivity index (χ0n) is 13.8. The third-order valence-electron chi connectivity index (χ3n) is 4.50. The Morgan fingerprint density at radius 2 is 1.92 bits per heavy atom. The molecule has 5 aromatic rings. The quantitative estimate of drug-likeness (QED) is 0.252. The van der Waals surface area contributed by atoms with Crippen LogP contribution in [0.4, 0.5) is 0 Å². The first-order chi connectivity index (χ1) is 12.3. The number of rotatable bonds is 1. The number of imidazole rings is 1. The molecule has 0 fully saturated rings. The van der Waals surface area contributed by atoms with Crippen LogP contribution in [0.25, 0.3) is 38.7 Å². The Kier molecular flexibility index (Phi) is 3.88. The summed E-state index contributed by atoms with van der Waals surface area (Å²) in [6.45, 7) is 0. The van der Waals surface area contributed by atoms with Gasteiger partial charge in [0.25, 0.3) is 0 Å². The van der Waals surface area contributed by atoms with Crippen molar-refractivity contribution in [1.29, 1.82) is 5.26 Å². The number of hydrogen-bond donors (Lipinski definition) is 0. The van der Waals surface area contributed by atoms with Crippen molar-refractivity contribution in [2.75, 3.05) is 0 Å². The van der Waals surface area contributed by atoms with Gasteiger partial charge in [0.15, 0.2) is 0 Å². The van der Waals surface area contributed by atoms with Gasteiger partial charge in [-0.15, -0.1) is 0 Å². The molecular weight excluding hydrogens is 502 g/mol. The first-order valence-electron chi connectivity index (χ1n) is 7.93. The predicted octanol–water partition coefficient (Wildman–Crippen LogP) is 3.82. The number of nitriles is 1. The standard InChI is InChI=1S/C21H12N3O.Ir/c1-23-13-24(14-7-3-2-4-8-14)21-16(12-22)20-15-9-5-6-10-18(15)25-19(20)11-17(21)23;/h2-7,9-11H,1H3;/q-1;. The normalized spacial score (nSPS) is 10.9. The third-order valence-corrected chi connectivity index (χ3v) is 4.50. The van der Waals surface area contributed by atoms with Crippen LogP contribution in [0.1, 0.15) is 5.56 Å². The fraction of sp³-hybridized carbons (Fsp3) is 0.0476. The van der Waals surface area contributed by atoms with E-state index in [2.05, 4.69) is 18.5 Å². The minimum absolute atomic E-state index is 0. The van der Waals surface area contributed by atoms with E-state index in [1.807, 2.05) is 70.8 Å². The van der Waals surface area contributed by atoms with E-state index in [1.54, 1.807) is 0 Å². The second-order valence-electron chi connectivity index (χ2n) is 5.94. The van der Waals surface area contributed by atoms with Gasteiger partial charge in [0, 0.05) is 30.9 Å². The largest absolute Gasteiger partial charge is 0.457 e. The maximum atomic E-state index is 9.95. The SMILES string of the molecule is C[n+]1[c-]n(-c2[c-]cccc2)c2c(C#N)c3c(cc21)oc1ccccc13.[Ir]. The molecule has 0 amide bonds. The summed E-state index contributed by atoms with van der Waals surface area (Å²) in [5, 5.41) is 11.7. The number of fused-ring (bicyclic) bond motifs is 4. The number of hydrogen-bond acceptors (Lipinski definition) is 2. The molecular formula is C21H12IrN3O-. The van der Waals surface area contributed by atoms with Crippen molar-refractivity contribution >= 4 is 33.0 Å². The van der Waals surface area contributed by atoms with Crippen LogP contribution >= 0.6 is 0 Å². The van der Waals surface area contributed by atoms with Gasteiger partial charge in [-0.3, -0.25) is 0 Å². The van der Waals surface area contributed by atoms with Gasteiger partial charge >= 0.3 is 0 Å². The van der Waals surface area contributed by atoms with Crippen molar-refractivity contribution in [2.45, 2.75) is 0 Å². The van der Waals surface area contributed by atoms with E-state index in [0.717, 1.165) is 33.1 Å². The van der Waals surface area contributed by atoms with Gasteiger partial charge in [-0.25, -0.2) is 0 Å². The summed E-state index contributed by atoms with van der Waals surface area (Å²) in [6.07, 6.45) is 3.27. The molecule has 0 N–H and O–H groups in total. The van der Waals surface area contributed by atoms with Crippen LogP contribution in [-0.2, 0) is 27.2 Å². The monoisotopic (exact) mass is 515 g/mol. The van der Waals surface area contributed by atoms with E-state index in [1.165, 1.54) is 0 Å². The van der Waals surface area contributed by atoms with Gasteiger partial charge in [0.05, 0.1) is 29.7 Å². The minimum Gasteiger partial charge on any atom is -0.457 e. The van der Waals surface area contributed by atoms with Crippen molar-refractivity contribution in [3.05, 3.63) is 72.6 Å². The van der Waals surface area contributed by atoms with E-state index < -0.39 is 0 Å². The van der Waals surface area contributed by atoms with E-state index >= 15 is 0 Å². The topological polar surface area (TPSA) is 45.7 Å². The Balaban J connectivity index is 0.00000168. The van der Waals surface area contributed by atoms with Crippen molar-refractivity contribution in [3.8, 4) is 11.8 Å². The Bertz CT molecular complexity index is 1310. The van der Waals surface area contributed by atoms with Crippen LogP contribution in [0, 0.1) is 23.7 Å². The summed E-state index contributed by atoms with van der Waals surface area (Å²) in [4.78, 5) is 0. The molecule has 26 heavy (non-hydrogen) atoms. The molecule has 4 nitrogen and oxygen atoms in total. The predicted molar refractivity (Wildman–Crippen MR) is 94.1 cm³/mol. The average molecular weight is 515 g/mol. The van der Waals surface area contributed by atoms with Gasteiger partial charge in [-0.05, 0) is 12.1 Å². The van der Waals surface area contributed by atoms with E-state index in [-0.39, 0.29) is 20.1 Å². The molecule has 127 valence electrons. The smallest absolute Gasteiger partial charge is 0.242 e. The summed E-state index contributed by atoms with van der Waals surface area (Å²) >= 11 is 0. The Morgan fingerprint density at radius 3 is 2.69 bits per heavy atom. The maximum Gasteiger partial charge on any atom is 0.242 e. The molecule has 2 aromatic heterocycles. The van der Waals surface area contributed by atoms with Gasteiger partial charge in [0.1, 0.15) is 11.2 Å². The van der Waals surface area contributed by atoms with Crippen molar-refractivity contribution in [2.24, 2.45) is 7.05 Å². The molecule has 2 heterocycles. The molecule has 0 saturated heterocycles. The molecule has 0 bridgehead atoms. The zero-order valence-corrected chi connectivity index (χ0v) is 16.2. The number of furan rings is 1. The van der Waals surface area contributed by atoms with Gasteiger partial charge in [-0.2, -0.15) is 35.6 Å². The molecule has 0 saturated carbocycles. The molecule has 0 spiro atoms. The summed E-state index contributed by atoms with van der Waals surface area (Å²) in [5.74, 6) is 0. The van der Waals surface area contributed by atoms with Crippen molar-refractivity contribution < 1.29 is 29.1 Å². The summed E-state index contributed by atoms with van der Waals surface area (Å²) in [7, 11) is 1.91. The van der Waals surface area contributed by atoms with Gasteiger partial charge in [0.2, 0.25) is 6.33 Å². The molecule has 1 radical (unpaired) electrons. The molecule has 3 aromatic carbocycles. The Labute approximate surface area is 163 Å². The first-order valence-corrected chi connectivity index (χ1v) is 7.93. The van der Waals surface area contributed by atoms with Crippen LogP contribution in [0.15, 0.2) is 59.0 Å². The third kappa shape index (κ3) is 2.20. The average Bonchev–Trinajstić information content (AvgIpc) is 3.19. The summed E-state index contributed by atoms with van der Waals surface area (Å²) in [5.41, 5.74) is 4.63. The molecule has 5 heteroatoms. The molecule has 0 aliphatic rings. The zero-order chi connectivity index (χ0) is 17.0. The Morgan fingerprint density at radius 1 is 1.12 bits per heavy atom. The molecule has 0 aliphatic heterocycles. The van der Waals surface area contributed by atoms with E-state index in [4.69, 9.17) is 4.42 Å². The van der Waals surface area contributed by atoms with Crippen LogP contribution < -0.4 is 4.57 Å². The number of aryl methyl sites for hydroxylation is 1. The fourth-order valence-electron chi connectivity index (χ4n) is 3.40. The number of nitrogens with zero attached hydrogens (tertiary/aromatic N) is 3. The van der Waals surface area contributed by atoms with Gasteiger partial charge < -0.3 is 13.6 Å². The van der Waals surface area contributed by atoms with Gasteiger partial charge in [-0.1, -0.05) is 23.9 Å². The number of para-hydroxylation sites is 2. The summed E-state index contributed by atoms with van der Waals surface area (Å²) < 4.78 is 9.74. The van der Waals surface area contributed by atoms with Crippen LogP contribution in [0.2, 0.25) is 0 Å². The molecule has 0 unspecified atom stereocenters. The minimum atomic E-state index is 0. The maximum absolute atomic E-state index is 9.95. The van der Waals surface area contributed by atoms with E-state index in [9.17, 15) is 5.26 Å². The molecule has 5 rings (SSSR count). The Hall–Kier alpha value is -2.93. The fourth-order valence-corrected chi connectivity index (χ4v) is 3.40. The second kappa shape index (κ2) is 6.10. The van der Waals surface area contributed by atoms with Crippen LogP contribution in [0.3, 0.4) is 0 Å². The van der Waals surface area contributed by atoms with Crippen molar-refractivity contribution in [3.63, 3.8) is 0 Å². The van der Waals surface area contributed by atoms with Crippen LogP contribution in [-0.4, -0.2) is 4.57 Å². The molecule has 0 atom stereocenters. The first kappa shape index (κ1) is 16.5. The second-order valence-corrected chi connectivity index (χ2v) is 5.94. The van der Waals surface area contributed by atoms with Crippen LogP contribution in [0.5, 0.6) is 0 Å². The molecule has 0 aliphatic carbocycles. The van der Waals surface area contributed by atoms with E-state index in [0.29, 0.717) is 11.1 Å². The number of aromatic nitrogens is 2.